The number of nitrogens with zero attached hydrogens (tertiary/aromatic N) is 1. The predicted molar refractivity (Wildman–Crippen MR) is 118 cm³/mol. The van der Waals surface area contributed by atoms with Crippen molar-refractivity contribution in [1.82, 2.24) is 0 Å². The molecular weight excluding hydrogens is 440 g/mol. The first-order valence-electron chi connectivity index (χ1n) is 9.41. The molecule has 0 fully saturated rings. The molecular formula is C21H24N2O8S. The summed E-state index contributed by atoms with van der Waals surface area (Å²) in [5.41, 5.74) is 0.301. The topological polar surface area (TPSA) is 128 Å². The van der Waals surface area contributed by atoms with E-state index in [0.717, 1.165) is 10.6 Å². The van der Waals surface area contributed by atoms with Crippen LogP contribution in [0.3, 0.4) is 0 Å². The van der Waals surface area contributed by atoms with Crippen molar-refractivity contribution >= 4 is 39.2 Å². The van der Waals surface area contributed by atoms with Crippen LogP contribution in [-0.4, -0.2) is 59.9 Å². The van der Waals surface area contributed by atoms with Crippen LogP contribution < -0.4 is 14.4 Å². The Bertz CT molecular complexity index is 1100. The minimum Gasteiger partial charge on any atom is -0.494 e. The second-order valence-electron chi connectivity index (χ2n) is 6.49. The molecule has 1 N–H and O–H groups in total. The molecule has 0 aromatic heterocycles. The van der Waals surface area contributed by atoms with Gasteiger partial charge in [-0.05, 0) is 49.4 Å². The largest absolute Gasteiger partial charge is 0.494 e. The molecule has 2 aromatic rings. The van der Waals surface area contributed by atoms with Crippen LogP contribution in [-0.2, 0) is 24.3 Å². The van der Waals surface area contributed by atoms with Crippen LogP contribution in [0, 0.1) is 0 Å². The number of amides is 1. The van der Waals surface area contributed by atoms with Crippen molar-refractivity contribution in [3.63, 3.8) is 0 Å². The monoisotopic (exact) mass is 464 g/mol. The number of anilines is 2. The lowest BCUT2D eigenvalue weighted by molar-refractivity contribution is -0.114. The molecule has 0 saturated heterocycles. The molecule has 0 unspecified atom stereocenters. The summed E-state index contributed by atoms with van der Waals surface area (Å²) in [7, 11) is -1.46. The molecule has 10 nitrogen and oxygen atoms in total. The van der Waals surface area contributed by atoms with Crippen LogP contribution in [0.15, 0.2) is 42.5 Å². The van der Waals surface area contributed by atoms with Gasteiger partial charge in [-0.25, -0.2) is 18.0 Å². The van der Waals surface area contributed by atoms with E-state index in [2.05, 4.69) is 10.1 Å². The van der Waals surface area contributed by atoms with E-state index < -0.39 is 34.4 Å². The Morgan fingerprint density at radius 1 is 0.969 bits per heavy atom. The SMILES string of the molecule is CCOc1ccc(N(CC(=O)Nc2cc(C(=O)OC)ccc2C(=O)OC)S(C)(=O)=O)cc1. The summed E-state index contributed by atoms with van der Waals surface area (Å²) in [6, 6.07) is 10.1. The summed E-state index contributed by atoms with van der Waals surface area (Å²) >= 11 is 0. The van der Waals surface area contributed by atoms with Crippen LogP contribution >= 0.6 is 0 Å². The normalized spacial score (nSPS) is 10.8. The smallest absolute Gasteiger partial charge is 0.339 e. The number of methoxy groups -OCH3 is 2. The third kappa shape index (κ3) is 6.20. The lowest BCUT2D eigenvalue weighted by Gasteiger charge is -2.22. The van der Waals surface area contributed by atoms with E-state index in [0.29, 0.717) is 12.4 Å². The summed E-state index contributed by atoms with van der Waals surface area (Å²) in [6.45, 7) is 1.69. The average Bonchev–Trinajstić information content (AvgIpc) is 2.76. The van der Waals surface area contributed by atoms with Crippen LogP contribution in [0.5, 0.6) is 5.75 Å². The van der Waals surface area contributed by atoms with Crippen LogP contribution in [0.4, 0.5) is 11.4 Å². The fourth-order valence-corrected chi connectivity index (χ4v) is 3.63. The maximum absolute atomic E-state index is 12.7. The first-order valence-corrected chi connectivity index (χ1v) is 11.3. The number of rotatable bonds is 9. The van der Waals surface area contributed by atoms with Crippen molar-refractivity contribution < 1.29 is 37.0 Å². The fourth-order valence-electron chi connectivity index (χ4n) is 2.78. The van der Waals surface area contributed by atoms with E-state index in [4.69, 9.17) is 9.47 Å². The van der Waals surface area contributed by atoms with Crippen molar-refractivity contribution in [2.45, 2.75) is 6.92 Å². The van der Waals surface area contributed by atoms with Gasteiger partial charge in [-0.15, -0.1) is 0 Å². The predicted octanol–water partition coefficient (Wildman–Crippen LogP) is 2.06. The molecule has 1 amide bonds. The number of ether oxygens (including phenoxy) is 3. The lowest BCUT2D eigenvalue weighted by atomic mass is 10.1. The Morgan fingerprint density at radius 2 is 1.59 bits per heavy atom. The highest BCUT2D eigenvalue weighted by atomic mass is 32.2. The number of esters is 2. The Morgan fingerprint density at radius 3 is 2.12 bits per heavy atom. The first kappa shape index (κ1) is 24.7. The Labute approximate surface area is 186 Å². The van der Waals surface area contributed by atoms with Crippen molar-refractivity contribution in [2.75, 3.05) is 43.2 Å². The van der Waals surface area contributed by atoms with Gasteiger partial charge < -0.3 is 19.5 Å². The zero-order chi connectivity index (χ0) is 23.9. The van der Waals surface area contributed by atoms with E-state index in [9.17, 15) is 22.8 Å². The highest BCUT2D eigenvalue weighted by Gasteiger charge is 2.23. The van der Waals surface area contributed by atoms with Gasteiger partial charge in [0.05, 0.1) is 49.6 Å². The second kappa shape index (κ2) is 10.6. The lowest BCUT2D eigenvalue weighted by Crippen LogP contribution is -2.37. The molecule has 0 radical (unpaired) electrons. The molecule has 0 spiro atoms. The van der Waals surface area contributed by atoms with Gasteiger partial charge in [0.25, 0.3) is 0 Å². The van der Waals surface area contributed by atoms with Gasteiger partial charge >= 0.3 is 11.9 Å². The molecule has 172 valence electrons. The molecule has 2 aromatic carbocycles. The Balaban J connectivity index is 2.33. The number of benzene rings is 2. The van der Waals surface area contributed by atoms with E-state index >= 15 is 0 Å². The van der Waals surface area contributed by atoms with Crippen LogP contribution in [0.25, 0.3) is 0 Å². The quantitative estimate of drug-likeness (QED) is 0.559. The van der Waals surface area contributed by atoms with Crippen molar-refractivity contribution in [3.05, 3.63) is 53.6 Å². The van der Waals surface area contributed by atoms with Crippen LogP contribution in [0.1, 0.15) is 27.6 Å². The van der Waals surface area contributed by atoms with Crippen molar-refractivity contribution in [2.24, 2.45) is 0 Å². The standard InChI is InChI=1S/C21H24N2O8S/c1-5-31-16-9-7-15(8-10-16)23(32(4,27)28)13-19(24)22-18-12-14(20(25)29-2)6-11-17(18)21(26)30-3/h6-12H,5,13H2,1-4H3,(H,22,24). The van der Waals surface area contributed by atoms with Gasteiger partial charge in [0, 0.05) is 0 Å². The van der Waals surface area contributed by atoms with Gasteiger partial charge in [0.2, 0.25) is 15.9 Å². The summed E-state index contributed by atoms with van der Waals surface area (Å²) in [6.07, 6.45) is 0.967. The fraction of sp³-hybridized carbons (Fsp3) is 0.286. The summed E-state index contributed by atoms with van der Waals surface area (Å²) in [5.74, 6) is -1.61. The van der Waals surface area contributed by atoms with Crippen molar-refractivity contribution in [1.29, 1.82) is 0 Å². The van der Waals surface area contributed by atoms with Gasteiger partial charge in [-0.2, -0.15) is 0 Å². The van der Waals surface area contributed by atoms with E-state index in [-0.39, 0.29) is 22.5 Å². The van der Waals surface area contributed by atoms with E-state index in [1.165, 1.54) is 44.6 Å². The van der Waals surface area contributed by atoms with Crippen molar-refractivity contribution in [3.8, 4) is 5.75 Å². The van der Waals surface area contributed by atoms with Gasteiger partial charge in [-0.3, -0.25) is 9.10 Å². The minimum atomic E-state index is -3.82. The first-order chi connectivity index (χ1) is 15.1. The second-order valence-corrected chi connectivity index (χ2v) is 8.40. The molecule has 0 atom stereocenters. The van der Waals surface area contributed by atoms with Gasteiger partial charge in [-0.1, -0.05) is 0 Å². The average molecular weight is 464 g/mol. The summed E-state index contributed by atoms with van der Waals surface area (Å²) in [5, 5.41) is 2.47. The summed E-state index contributed by atoms with van der Waals surface area (Å²) < 4.78 is 40.2. The molecule has 0 aliphatic carbocycles. The molecule has 0 heterocycles. The third-order valence-corrected chi connectivity index (χ3v) is 5.38. The zero-order valence-electron chi connectivity index (χ0n) is 18.1. The van der Waals surface area contributed by atoms with Gasteiger partial charge in [0.15, 0.2) is 0 Å². The third-order valence-electron chi connectivity index (χ3n) is 4.24. The Hall–Kier alpha value is -3.60. The maximum atomic E-state index is 12.7. The molecule has 0 aliphatic heterocycles. The Kier molecular flexibility index (Phi) is 8.19. The summed E-state index contributed by atoms with van der Waals surface area (Å²) in [4.78, 5) is 36.6. The van der Waals surface area contributed by atoms with Gasteiger partial charge in [0.1, 0.15) is 12.3 Å². The number of carbonyl (C=O) groups excluding carboxylic acids is 3. The maximum Gasteiger partial charge on any atom is 0.339 e. The minimum absolute atomic E-state index is 0.0134. The number of carbonyl (C=O) groups is 3. The highest BCUT2D eigenvalue weighted by molar-refractivity contribution is 7.92. The van der Waals surface area contributed by atoms with E-state index in [1.54, 1.807) is 12.1 Å². The number of nitrogens with one attached hydrogen (secondary N) is 1. The number of sulfonamides is 1. The molecule has 11 heteroatoms. The highest BCUT2D eigenvalue weighted by Crippen LogP contribution is 2.23. The number of hydrogen-bond acceptors (Lipinski definition) is 8. The van der Waals surface area contributed by atoms with Crippen LogP contribution in [0.2, 0.25) is 0 Å². The number of hydrogen-bond donors (Lipinski definition) is 1. The molecule has 0 saturated carbocycles. The molecule has 0 aliphatic rings. The van der Waals surface area contributed by atoms with E-state index in [1.807, 2.05) is 6.92 Å². The molecule has 0 bridgehead atoms. The molecule has 32 heavy (non-hydrogen) atoms. The zero-order valence-corrected chi connectivity index (χ0v) is 18.9. The molecule has 2 rings (SSSR count).